The maximum absolute atomic E-state index is 6.18. The third kappa shape index (κ3) is 2.56. The van der Waals surface area contributed by atoms with Crippen LogP contribution < -0.4 is 0 Å². The fourth-order valence-electron chi connectivity index (χ4n) is 2.40. The highest BCUT2D eigenvalue weighted by Gasteiger charge is 2.25. The summed E-state index contributed by atoms with van der Waals surface area (Å²) in [5, 5.41) is 2.56. The standard InChI is InChI=1S/C17H22O/c1-5-13(2)18-17(3,4)16-12-8-10-14-9-6-7-11-15(14)16/h6-13H,5H2,1-4H3. The Labute approximate surface area is 110 Å². The average Bonchev–Trinajstić information content (AvgIpc) is 2.37. The Morgan fingerprint density at radius 3 is 2.44 bits per heavy atom. The number of benzene rings is 2. The molecule has 96 valence electrons. The van der Waals surface area contributed by atoms with Crippen molar-refractivity contribution in [3.8, 4) is 0 Å². The maximum Gasteiger partial charge on any atom is 0.0884 e. The van der Waals surface area contributed by atoms with E-state index in [0.717, 1.165) is 6.42 Å². The molecule has 1 heteroatoms. The molecule has 2 aromatic carbocycles. The molecule has 18 heavy (non-hydrogen) atoms. The highest BCUT2D eigenvalue weighted by atomic mass is 16.5. The van der Waals surface area contributed by atoms with E-state index in [9.17, 15) is 0 Å². The Kier molecular flexibility index (Phi) is 3.72. The molecule has 0 aliphatic carbocycles. The largest absolute Gasteiger partial charge is 0.368 e. The second-order valence-electron chi connectivity index (χ2n) is 5.37. The van der Waals surface area contributed by atoms with Gasteiger partial charge in [0.2, 0.25) is 0 Å². The third-order valence-electron chi connectivity index (χ3n) is 3.51. The van der Waals surface area contributed by atoms with Gasteiger partial charge in [-0.05, 0) is 43.5 Å². The molecule has 0 saturated heterocycles. The fraction of sp³-hybridized carbons (Fsp3) is 0.412. The minimum Gasteiger partial charge on any atom is -0.368 e. The summed E-state index contributed by atoms with van der Waals surface area (Å²) in [5.41, 5.74) is 1.01. The molecule has 1 unspecified atom stereocenters. The normalized spacial score (nSPS) is 13.8. The molecule has 0 N–H and O–H groups in total. The van der Waals surface area contributed by atoms with Crippen LogP contribution in [0.2, 0.25) is 0 Å². The zero-order chi connectivity index (χ0) is 13.2. The number of ether oxygens (including phenoxy) is 1. The molecule has 0 aliphatic rings. The quantitative estimate of drug-likeness (QED) is 0.741. The predicted octanol–water partition coefficient (Wildman–Crippen LogP) is 4.89. The molecular weight excluding hydrogens is 220 g/mol. The van der Waals surface area contributed by atoms with Gasteiger partial charge in [0, 0.05) is 0 Å². The summed E-state index contributed by atoms with van der Waals surface area (Å²) in [5.74, 6) is 0. The van der Waals surface area contributed by atoms with Crippen molar-refractivity contribution in [2.75, 3.05) is 0 Å². The van der Waals surface area contributed by atoms with Gasteiger partial charge in [-0.1, -0.05) is 49.4 Å². The van der Waals surface area contributed by atoms with Gasteiger partial charge >= 0.3 is 0 Å². The summed E-state index contributed by atoms with van der Waals surface area (Å²) >= 11 is 0. The lowest BCUT2D eigenvalue weighted by atomic mass is 9.92. The number of hydrogen-bond acceptors (Lipinski definition) is 1. The molecule has 0 aliphatic heterocycles. The molecule has 0 fully saturated rings. The van der Waals surface area contributed by atoms with Gasteiger partial charge in [0.05, 0.1) is 11.7 Å². The first-order valence-electron chi connectivity index (χ1n) is 6.70. The molecule has 1 atom stereocenters. The lowest BCUT2D eigenvalue weighted by Crippen LogP contribution is -2.26. The molecule has 0 radical (unpaired) electrons. The Bertz CT molecular complexity index is 523. The monoisotopic (exact) mass is 242 g/mol. The van der Waals surface area contributed by atoms with E-state index in [4.69, 9.17) is 4.74 Å². The SMILES string of the molecule is CCC(C)OC(C)(C)c1cccc2ccccc12. The van der Waals surface area contributed by atoms with E-state index in [2.05, 4.69) is 70.2 Å². The average molecular weight is 242 g/mol. The molecule has 0 amide bonds. The second-order valence-corrected chi connectivity index (χ2v) is 5.37. The van der Waals surface area contributed by atoms with E-state index in [1.807, 2.05) is 0 Å². The minimum atomic E-state index is -0.254. The van der Waals surface area contributed by atoms with Gasteiger partial charge < -0.3 is 4.74 Å². The Morgan fingerprint density at radius 2 is 1.72 bits per heavy atom. The van der Waals surface area contributed by atoms with Crippen LogP contribution in [0.15, 0.2) is 42.5 Å². The first-order chi connectivity index (χ1) is 8.54. The van der Waals surface area contributed by atoms with Crippen LogP contribution in [0.1, 0.15) is 39.7 Å². The number of fused-ring (bicyclic) bond motifs is 1. The summed E-state index contributed by atoms with van der Waals surface area (Å²) in [6.45, 7) is 8.60. The van der Waals surface area contributed by atoms with Crippen LogP contribution >= 0.6 is 0 Å². The van der Waals surface area contributed by atoms with Crippen molar-refractivity contribution in [3.05, 3.63) is 48.0 Å². The number of hydrogen-bond donors (Lipinski definition) is 0. The smallest absolute Gasteiger partial charge is 0.0884 e. The zero-order valence-corrected chi connectivity index (χ0v) is 11.7. The summed E-state index contributed by atoms with van der Waals surface area (Å²) in [4.78, 5) is 0. The van der Waals surface area contributed by atoms with Gasteiger partial charge in [-0.2, -0.15) is 0 Å². The van der Waals surface area contributed by atoms with Crippen LogP contribution in [0.3, 0.4) is 0 Å². The Morgan fingerprint density at radius 1 is 1.06 bits per heavy atom. The first kappa shape index (κ1) is 13.1. The zero-order valence-electron chi connectivity index (χ0n) is 11.7. The van der Waals surface area contributed by atoms with Gasteiger partial charge in [-0.15, -0.1) is 0 Å². The van der Waals surface area contributed by atoms with E-state index >= 15 is 0 Å². The summed E-state index contributed by atoms with van der Waals surface area (Å²) in [6.07, 6.45) is 1.31. The molecular formula is C17H22O. The lowest BCUT2D eigenvalue weighted by Gasteiger charge is -2.30. The second kappa shape index (κ2) is 5.11. The van der Waals surface area contributed by atoms with Crippen LogP contribution in [0.4, 0.5) is 0 Å². The van der Waals surface area contributed by atoms with Crippen molar-refractivity contribution in [3.63, 3.8) is 0 Å². The third-order valence-corrected chi connectivity index (χ3v) is 3.51. The molecule has 0 spiro atoms. The lowest BCUT2D eigenvalue weighted by molar-refractivity contribution is -0.0682. The van der Waals surface area contributed by atoms with Crippen LogP contribution in [0.5, 0.6) is 0 Å². The molecule has 0 aromatic heterocycles. The predicted molar refractivity (Wildman–Crippen MR) is 77.8 cm³/mol. The van der Waals surface area contributed by atoms with Crippen molar-refractivity contribution in [1.29, 1.82) is 0 Å². The van der Waals surface area contributed by atoms with Crippen molar-refractivity contribution in [2.24, 2.45) is 0 Å². The minimum absolute atomic E-state index is 0.254. The highest BCUT2D eigenvalue weighted by molar-refractivity contribution is 5.86. The Balaban J connectivity index is 2.46. The number of rotatable bonds is 4. The van der Waals surface area contributed by atoms with Crippen molar-refractivity contribution in [2.45, 2.75) is 45.8 Å². The van der Waals surface area contributed by atoms with Gasteiger partial charge in [0.1, 0.15) is 0 Å². The van der Waals surface area contributed by atoms with Crippen LogP contribution in [-0.2, 0) is 10.3 Å². The van der Waals surface area contributed by atoms with Gasteiger partial charge in [-0.3, -0.25) is 0 Å². The van der Waals surface area contributed by atoms with Crippen LogP contribution in [-0.4, -0.2) is 6.10 Å². The molecule has 0 saturated carbocycles. The summed E-state index contributed by atoms with van der Waals surface area (Å²) in [6, 6.07) is 14.9. The van der Waals surface area contributed by atoms with Crippen LogP contribution in [0.25, 0.3) is 10.8 Å². The van der Waals surface area contributed by atoms with Gasteiger partial charge in [0.15, 0.2) is 0 Å². The van der Waals surface area contributed by atoms with E-state index < -0.39 is 0 Å². The van der Waals surface area contributed by atoms with E-state index in [1.54, 1.807) is 0 Å². The topological polar surface area (TPSA) is 9.23 Å². The molecule has 1 nitrogen and oxygen atoms in total. The van der Waals surface area contributed by atoms with Crippen LogP contribution in [0, 0.1) is 0 Å². The van der Waals surface area contributed by atoms with E-state index in [-0.39, 0.29) is 11.7 Å². The van der Waals surface area contributed by atoms with Gasteiger partial charge in [0.25, 0.3) is 0 Å². The molecule has 0 bridgehead atoms. The van der Waals surface area contributed by atoms with E-state index in [1.165, 1.54) is 16.3 Å². The van der Waals surface area contributed by atoms with E-state index in [0.29, 0.717) is 0 Å². The summed E-state index contributed by atoms with van der Waals surface area (Å²) < 4.78 is 6.18. The molecule has 2 aromatic rings. The summed E-state index contributed by atoms with van der Waals surface area (Å²) in [7, 11) is 0. The van der Waals surface area contributed by atoms with Crippen molar-refractivity contribution >= 4 is 10.8 Å². The maximum atomic E-state index is 6.18. The molecule has 2 rings (SSSR count). The Hall–Kier alpha value is -1.34. The fourth-order valence-corrected chi connectivity index (χ4v) is 2.40. The van der Waals surface area contributed by atoms with Gasteiger partial charge in [-0.25, -0.2) is 0 Å². The van der Waals surface area contributed by atoms with Crippen molar-refractivity contribution in [1.82, 2.24) is 0 Å². The molecule has 0 heterocycles. The van der Waals surface area contributed by atoms with Crippen molar-refractivity contribution < 1.29 is 4.74 Å². The first-order valence-corrected chi connectivity index (χ1v) is 6.70. The highest BCUT2D eigenvalue weighted by Crippen LogP contribution is 2.32.